The van der Waals surface area contributed by atoms with E-state index in [0.717, 1.165) is 22.8 Å². The fourth-order valence-corrected chi connectivity index (χ4v) is 2.45. The van der Waals surface area contributed by atoms with Crippen molar-refractivity contribution in [3.8, 4) is 0 Å². The van der Waals surface area contributed by atoms with Gasteiger partial charge in [-0.3, -0.25) is 0 Å². The van der Waals surface area contributed by atoms with Crippen LogP contribution in [0, 0.1) is 13.8 Å². The SMILES string of the molecule is C=C(CC(C)F)n1c(COCc2ccccc2)nc(C)c1C.CC. The fourth-order valence-electron chi connectivity index (χ4n) is 2.45. The summed E-state index contributed by atoms with van der Waals surface area (Å²) in [5, 5.41) is 0. The van der Waals surface area contributed by atoms with Gasteiger partial charge in [0.25, 0.3) is 0 Å². The molecule has 2 rings (SSSR count). The molecule has 0 fully saturated rings. The summed E-state index contributed by atoms with van der Waals surface area (Å²) < 4.78 is 20.9. The van der Waals surface area contributed by atoms with Gasteiger partial charge in [-0.2, -0.15) is 0 Å². The molecular formula is C20H29FN2O. The zero-order chi connectivity index (χ0) is 18.1. The van der Waals surface area contributed by atoms with Crippen LogP contribution in [-0.2, 0) is 18.0 Å². The Morgan fingerprint density at radius 1 is 1.21 bits per heavy atom. The highest BCUT2D eigenvalue weighted by molar-refractivity contribution is 5.46. The summed E-state index contributed by atoms with van der Waals surface area (Å²) in [7, 11) is 0. The Bertz CT molecular complexity index is 633. The largest absolute Gasteiger partial charge is 0.369 e. The molecule has 1 unspecified atom stereocenters. The van der Waals surface area contributed by atoms with E-state index in [0.29, 0.717) is 25.3 Å². The average molecular weight is 332 g/mol. The van der Waals surface area contributed by atoms with Crippen molar-refractivity contribution in [3.63, 3.8) is 0 Å². The molecule has 3 nitrogen and oxygen atoms in total. The molecular weight excluding hydrogens is 303 g/mol. The van der Waals surface area contributed by atoms with Crippen molar-refractivity contribution >= 4 is 5.70 Å². The van der Waals surface area contributed by atoms with E-state index in [1.165, 1.54) is 6.92 Å². The Kier molecular flexibility index (Phi) is 8.41. The molecule has 0 aliphatic heterocycles. The number of aryl methyl sites for hydroxylation is 1. The molecule has 0 N–H and O–H groups in total. The summed E-state index contributed by atoms with van der Waals surface area (Å²) in [5.41, 5.74) is 3.74. The zero-order valence-corrected chi connectivity index (χ0v) is 15.5. The van der Waals surface area contributed by atoms with Gasteiger partial charge < -0.3 is 9.30 Å². The number of hydrogen-bond donors (Lipinski definition) is 0. The minimum Gasteiger partial charge on any atom is -0.369 e. The van der Waals surface area contributed by atoms with Crippen LogP contribution in [0.4, 0.5) is 4.39 Å². The maximum atomic E-state index is 13.3. The number of rotatable bonds is 7. The summed E-state index contributed by atoms with van der Waals surface area (Å²) >= 11 is 0. The van der Waals surface area contributed by atoms with Crippen LogP contribution in [0.1, 0.15) is 50.0 Å². The first-order valence-electron chi connectivity index (χ1n) is 8.47. The molecule has 0 amide bonds. The van der Waals surface area contributed by atoms with Crippen LogP contribution in [0.25, 0.3) is 5.70 Å². The molecule has 0 aliphatic carbocycles. The molecule has 0 radical (unpaired) electrons. The monoisotopic (exact) mass is 332 g/mol. The Morgan fingerprint density at radius 2 is 1.83 bits per heavy atom. The number of imidazole rings is 1. The number of alkyl halides is 1. The lowest BCUT2D eigenvalue weighted by atomic mass is 10.2. The van der Waals surface area contributed by atoms with Crippen LogP contribution in [0.2, 0.25) is 0 Å². The van der Waals surface area contributed by atoms with Crippen LogP contribution < -0.4 is 0 Å². The van der Waals surface area contributed by atoms with Gasteiger partial charge in [0, 0.05) is 17.8 Å². The number of nitrogens with zero attached hydrogens (tertiary/aromatic N) is 2. The van der Waals surface area contributed by atoms with Crippen LogP contribution in [0.5, 0.6) is 0 Å². The lowest BCUT2D eigenvalue weighted by Gasteiger charge is -2.14. The topological polar surface area (TPSA) is 27.1 Å². The molecule has 4 heteroatoms. The van der Waals surface area contributed by atoms with E-state index in [2.05, 4.69) is 11.6 Å². The standard InChI is InChI=1S/C18H23FN2O.C2H6/c1-13(19)10-14(2)21-16(4)15(3)20-18(21)12-22-11-17-8-6-5-7-9-17;1-2/h5-9,13H,2,10-12H2,1,3-4H3;1-2H3. The summed E-state index contributed by atoms with van der Waals surface area (Å²) in [4.78, 5) is 4.52. The lowest BCUT2D eigenvalue weighted by Crippen LogP contribution is -2.09. The smallest absolute Gasteiger partial charge is 0.139 e. The highest BCUT2D eigenvalue weighted by atomic mass is 19.1. The van der Waals surface area contributed by atoms with Crippen molar-refractivity contribution < 1.29 is 9.13 Å². The van der Waals surface area contributed by atoms with E-state index in [4.69, 9.17) is 4.74 Å². The number of allylic oxidation sites excluding steroid dienone is 1. The van der Waals surface area contributed by atoms with Crippen LogP contribution in [0.15, 0.2) is 36.9 Å². The van der Waals surface area contributed by atoms with Gasteiger partial charge in [0.15, 0.2) is 0 Å². The van der Waals surface area contributed by atoms with Gasteiger partial charge in [-0.25, -0.2) is 9.37 Å². The van der Waals surface area contributed by atoms with Crippen LogP contribution >= 0.6 is 0 Å². The molecule has 0 saturated heterocycles. The number of benzene rings is 1. The number of hydrogen-bond acceptors (Lipinski definition) is 2. The highest BCUT2D eigenvalue weighted by Crippen LogP contribution is 2.21. The Labute approximate surface area is 145 Å². The normalized spacial score (nSPS) is 11.6. The molecule has 0 spiro atoms. The predicted octanol–water partition coefficient (Wildman–Crippen LogP) is 5.46. The van der Waals surface area contributed by atoms with Gasteiger partial charge in [0.2, 0.25) is 0 Å². The van der Waals surface area contributed by atoms with Crippen molar-refractivity contribution in [2.75, 3.05) is 0 Å². The van der Waals surface area contributed by atoms with Gasteiger partial charge in [0.05, 0.1) is 12.3 Å². The maximum absolute atomic E-state index is 13.3. The first kappa shape index (κ1) is 20.1. The second kappa shape index (κ2) is 10.0. The Hall–Kier alpha value is -1.94. The Balaban J connectivity index is 0.00000139. The number of aromatic nitrogens is 2. The molecule has 2 aromatic rings. The van der Waals surface area contributed by atoms with Gasteiger partial charge in [-0.05, 0) is 26.3 Å². The zero-order valence-electron chi connectivity index (χ0n) is 15.5. The summed E-state index contributed by atoms with van der Waals surface area (Å²) in [5.74, 6) is 0.775. The minimum absolute atomic E-state index is 0.294. The summed E-state index contributed by atoms with van der Waals surface area (Å²) in [6.45, 7) is 14.3. The Morgan fingerprint density at radius 3 is 2.42 bits per heavy atom. The van der Waals surface area contributed by atoms with E-state index in [-0.39, 0.29) is 0 Å². The van der Waals surface area contributed by atoms with Crippen LogP contribution in [0.3, 0.4) is 0 Å². The van der Waals surface area contributed by atoms with Crippen molar-refractivity contribution in [2.24, 2.45) is 0 Å². The van der Waals surface area contributed by atoms with Crippen molar-refractivity contribution in [1.82, 2.24) is 9.55 Å². The van der Waals surface area contributed by atoms with E-state index >= 15 is 0 Å². The molecule has 0 saturated carbocycles. The molecule has 1 atom stereocenters. The van der Waals surface area contributed by atoms with E-state index in [1.54, 1.807) is 0 Å². The van der Waals surface area contributed by atoms with Crippen molar-refractivity contribution in [3.05, 3.63) is 59.7 Å². The van der Waals surface area contributed by atoms with E-state index in [1.807, 2.05) is 62.6 Å². The third-order valence-electron chi connectivity index (χ3n) is 3.59. The first-order chi connectivity index (χ1) is 11.5. The highest BCUT2D eigenvalue weighted by Gasteiger charge is 2.15. The minimum atomic E-state index is -0.923. The average Bonchev–Trinajstić information content (AvgIpc) is 2.84. The predicted molar refractivity (Wildman–Crippen MR) is 98.5 cm³/mol. The molecule has 1 aromatic heterocycles. The molecule has 24 heavy (non-hydrogen) atoms. The fraction of sp³-hybridized carbons (Fsp3) is 0.450. The molecule has 1 aromatic carbocycles. The lowest BCUT2D eigenvalue weighted by molar-refractivity contribution is 0.101. The van der Waals surface area contributed by atoms with Crippen LogP contribution in [-0.4, -0.2) is 15.7 Å². The van der Waals surface area contributed by atoms with E-state index in [9.17, 15) is 4.39 Å². The van der Waals surface area contributed by atoms with Gasteiger partial charge in [-0.15, -0.1) is 0 Å². The second-order valence-corrected chi connectivity index (χ2v) is 5.56. The summed E-state index contributed by atoms with van der Waals surface area (Å²) in [6, 6.07) is 9.99. The molecule has 1 heterocycles. The van der Waals surface area contributed by atoms with Gasteiger partial charge in [-0.1, -0.05) is 50.8 Å². The van der Waals surface area contributed by atoms with Crippen molar-refractivity contribution in [1.29, 1.82) is 0 Å². The second-order valence-electron chi connectivity index (χ2n) is 5.56. The molecule has 0 bridgehead atoms. The first-order valence-corrected chi connectivity index (χ1v) is 8.47. The third kappa shape index (κ3) is 5.60. The van der Waals surface area contributed by atoms with Gasteiger partial charge in [0.1, 0.15) is 18.6 Å². The molecule has 0 aliphatic rings. The molecule has 132 valence electrons. The summed E-state index contributed by atoms with van der Waals surface area (Å²) in [6.07, 6.45) is -0.629. The van der Waals surface area contributed by atoms with Crippen molar-refractivity contribution in [2.45, 2.75) is 60.4 Å². The third-order valence-corrected chi connectivity index (χ3v) is 3.59. The quantitative estimate of drug-likeness (QED) is 0.673. The number of ether oxygens (including phenoxy) is 1. The number of halogens is 1. The van der Waals surface area contributed by atoms with E-state index < -0.39 is 6.17 Å². The maximum Gasteiger partial charge on any atom is 0.139 e. The van der Waals surface area contributed by atoms with Gasteiger partial charge >= 0.3 is 0 Å².